The molecular weight excluding hydrogens is 491 g/mol. The number of carbonyl (C=O) groups excluding carboxylic acids is 2. The fourth-order valence-electron chi connectivity index (χ4n) is 4.14. The summed E-state index contributed by atoms with van der Waals surface area (Å²) in [6.45, 7) is 0. The van der Waals surface area contributed by atoms with Gasteiger partial charge in [0.15, 0.2) is 28.1 Å². The van der Waals surface area contributed by atoms with Crippen molar-refractivity contribution >= 4 is 38.4 Å². The van der Waals surface area contributed by atoms with Crippen molar-refractivity contribution in [2.45, 2.75) is 6.04 Å². The first-order valence-electron chi connectivity index (χ1n) is 10.6. The molecule has 1 aliphatic rings. The van der Waals surface area contributed by atoms with Gasteiger partial charge in [-0.25, -0.2) is 9.37 Å². The summed E-state index contributed by atoms with van der Waals surface area (Å²) in [5, 5.41) is 11.1. The maximum Gasteiger partial charge on any atom is 0.296 e. The zero-order chi connectivity index (χ0) is 25.6. The topological polar surface area (TPSA) is 111 Å². The van der Waals surface area contributed by atoms with Gasteiger partial charge in [-0.3, -0.25) is 14.5 Å². The molecule has 1 aliphatic heterocycles. The number of nitrogens with zero attached hydrogens (tertiary/aromatic N) is 2. The summed E-state index contributed by atoms with van der Waals surface area (Å²) in [6, 6.07) is 9.03. The highest BCUT2D eigenvalue weighted by Crippen LogP contribution is 2.48. The monoisotopic (exact) mass is 510 g/mol. The van der Waals surface area contributed by atoms with Crippen molar-refractivity contribution < 1.29 is 37.7 Å². The third kappa shape index (κ3) is 3.64. The number of thiazole rings is 1. The number of aliphatic hydroxyl groups is 1. The number of hydrogen-bond donors (Lipinski definition) is 1. The van der Waals surface area contributed by atoms with Gasteiger partial charge < -0.3 is 23.7 Å². The van der Waals surface area contributed by atoms with E-state index in [9.17, 15) is 19.1 Å². The highest BCUT2D eigenvalue weighted by molar-refractivity contribution is 7.22. The third-order valence-electron chi connectivity index (χ3n) is 5.75. The predicted octanol–water partition coefficient (Wildman–Crippen LogP) is 4.84. The molecule has 0 spiro atoms. The summed E-state index contributed by atoms with van der Waals surface area (Å²) in [4.78, 5) is 32.5. The summed E-state index contributed by atoms with van der Waals surface area (Å²) in [7, 11) is 4.31. The largest absolute Gasteiger partial charge is 0.503 e. The van der Waals surface area contributed by atoms with Gasteiger partial charge in [0.05, 0.1) is 49.4 Å². The lowest BCUT2D eigenvalue weighted by Crippen LogP contribution is -2.31. The van der Waals surface area contributed by atoms with E-state index in [4.69, 9.17) is 18.6 Å². The molecule has 184 valence electrons. The van der Waals surface area contributed by atoms with E-state index in [1.54, 1.807) is 12.1 Å². The lowest BCUT2D eigenvalue weighted by Gasteiger charge is -2.25. The molecule has 0 aliphatic carbocycles. The van der Waals surface area contributed by atoms with Crippen LogP contribution in [0.25, 0.3) is 10.2 Å². The number of hydrogen-bond acceptors (Lipinski definition) is 9. The van der Waals surface area contributed by atoms with Crippen molar-refractivity contribution in [3.8, 4) is 17.2 Å². The molecule has 0 bridgehead atoms. The van der Waals surface area contributed by atoms with E-state index in [-0.39, 0.29) is 28.0 Å². The third-order valence-corrected chi connectivity index (χ3v) is 6.76. The number of benzene rings is 2. The molecule has 0 unspecified atom stereocenters. The second-order valence-corrected chi connectivity index (χ2v) is 8.72. The molecule has 36 heavy (non-hydrogen) atoms. The number of ether oxygens (including phenoxy) is 3. The molecular formula is C25H19FN2O7S. The minimum absolute atomic E-state index is 0.0602. The molecule has 9 nitrogen and oxygen atoms in total. The molecule has 2 aromatic heterocycles. The number of halogens is 1. The molecule has 0 radical (unpaired) electrons. The molecule has 3 heterocycles. The van der Waals surface area contributed by atoms with Crippen molar-refractivity contribution in [1.82, 2.24) is 4.98 Å². The Morgan fingerprint density at radius 3 is 2.44 bits per heavy atom. The van der Waals surface area contributed by atoms with Crippen LogP contribution in [0, 0.1) is 5.82 Å². The van der Waals surface area contributed by atoms with E-state index in [1.165, 1.54) is 62.8 Å². The van der Waals surface area contributed by atoms with Crippen LogP contribution < -0.4 is 19.1 Å². The van der Waals surface area contributed by atoms with E-state index >= 15 is 0 Å². The minimum atomic E-state index is -1.13. The van der Waals surface area contributed by atoms with Crippen LogP contribution in [-0.4, -0.2) is 43.1 Å². The molecule has 0 saturated carbocycles. The Hall–Kier alpha value is -4.38. The molecule has 1 N–H and O–H groups in total. The summed E-state index contributed by atoms with van der Waals surface area (Å²) in [5.41, 5.74) is 0.620. The Morgan fingerprint density at radius 1 is 1.11 bits per heavy atom. The van der Waals surface area contributed by atoms with Crippen molar-refractivity contribution in [2.75, 3.05) is 26.2 Å². The van der Waals surface area contributed by atoms with Gasteiger partial charge in [-0.15, -0.1) is 0 Å². The van der Waals surface area contributed by atoms with Gasteiger partial charge in [0.1, 0.15) is 5.82 Å². The smallest absolute Gasteiger partial charge is 0.296 e. The maximum atomic E-state index is 13.8. The molecule has 5 rings (SSSR count). The van der Waals surface area contributed by atoms with Crippen LogP contribution in [0.5, 0.6) is 17.2 Å². The van der Waals surface area contributed by atoms with Gasteiger partial charge in [0.25, 0.3) is 5.91 Å². The normalized spacial score (nSPS) is 15.6. The molecule has 11 heteroatoms. The maximum absolute atomic E-state index is 13.8. The van der Waals surface area contributed by atoms with Crippen LogP contribution in [0.2, 0.25) is 0 Å². The highest BCUT2D eigenvalue weighted by atomic mass is 32.1. The number of anilines is 1. The first-order valence-corrected chi connectivity index (χ1v) is 11.4. The van der Waals surface area contributed by atoms with E-state index in [0.717, 1.165) is 11.3 Å². The van der Waals surface area contributed by atoms with E-state index < -0.39 is 29.3 Å². The number of rotatable bonds is 7. The van der Waals surface area contributed by atoms with Crippen molar-refractivity contribution in [3.05, 3.63) is 77.2 Å². The molecule has 1 atom stereocenters. The van der Waals surface area contributed by atoms with Crippen LogP contribution in [0.15, 0.2) is 64.5 Å². The Labute approximate surface area is 207 Å². The molecule has 0 saturated heterocycles. The fraction of sp³-hybridized carbons (Fsp3) is 0.160. The van der Waals surface area contributed by atoms with Gasteiger partial charge in [-0.05, 0) is 48.0 Å². The first kappa shape index (κ1) is 23.4. The molecule has 4 aromatic rings. The summed E-state index contributed by atoms with van der Waals surface area (Å²) < 4.78 is 35.9. The van der Waals surface area contributed by atoms with Crippen LogP contribution >= 0.6 is 11.3 Å². The summed E-state index contributed by atoms with van der Waals surface area (Å²) in [6.07, 6.45) is 1.32. The Kier molecular flexibility index (Phi) is 5.84. The van der Waals surface area contributed by atoms with Crippen molar-refractivity contribution in [1.29, 1.82) is 0 Å². The second kappa shape index (κ2) is 9.00. The second-order valence-electron chi connectivity index (χ2n) is 7.71. The molecule has 0 fully saturated rings. The number of fused-ring (bicyclic) bond motifs is 1. The fourth-order valence-corrected chi connectivity index (χ4v) is 5.16. The van der Waals surface area contributed by atoms with E-state index in [1.807, 2.05) is 0 Å². The zero-order valence-electron chi connectivity index (χ0n) is 19.3. The average molecular weight is 510 g/mol. The number of furan rings is 1. The quantitative estimate of drug-likeness (QED) is 0.352. The number of carbonyl (C=O) groups is 2. The Morgan fingerprint density at radius 2 is 1.83 bits per heavy atom. The zero-order valence-corrected chi connectivity index (χ0v) is 20.1. The average Bonchev–Trinajstić information content (AvgIpc) is 3.61. The summed E-state index contributed by atoms with van der Waals surface area (Å²) >= 11 is 1.05. The van der Waals surface area contributed by atoms with Crippen molar-refractivity contribution in [2.24, 2.45) is 0 Å². The van der Waals surface area contributed by atoms with E-state index in [0.29, 0.717) is 21.5 Å². The predicted molar refractivity (Wildman–Crippen MR) is 129 cm³/mol. The summed E-state index contributed by atoms with van der Waals surface area (Å²) in [5.74, 6) is -1.93. The van der Waals surface area contributed by atoms with Gasteiger partial charge in [-0.2, -0.15) is 0 Å². The lowest BCUT2D eigenvalue weighted by atomic mass is 9.94. The number of amides is 1. The lowest BCUT2D eigenvalue weighted by molar-refractivity contribution is -0.117. The number of Topliss-reactive ketones (excluding diaryl/α,β-unsaturated/α-hetero) is 1. The number of aliphatic hydroxyl groups excluding tert-OH is 1. The number of methoxy groups -OCH3 is 3. The highest BCUT2D eigenvalue weighted by Gasteiger charge is 2.47. The SMILES string of the molecule is COc1cc([C@@H]2C(C(=O)c3ccco3)=C(O)C(=O)N2c2nc3ccc(F)cc3s2)cc(OC)c1OC. The Balaban J connectivity index is 1.74. The first-order chi connectivity index (χ1) is 17.4. The minimum Gasteiger partial charge on any atom is -0.503 e. The van der Waals surface area contributed by atoms with Gasteiger partial charge in [-0.1, -0.05) is 11.3 Å². The van der Waals surface area contributed by atoms with Gasteiger partial charge >= 0.3 is 0 Å². The standard InChI is InChI=1S/C25H19FN2O7S/c1-32-16-9-12(10-17(33-2)23(16)34-3)20-19(21(29)15-5-4-8-35-15)22(30)24(31)28(20)25-27-14-7-6-13(26)11-18(14)36-25/h4-11,20,30H,1-3H3/t20-/m1/s1. The van der Waals surface area contributed by atoms with Crippen molar-refractivity contribution in [3.63, 3.8) is 0 Å². The van der Waals surface area contributed by atoms with Crippen LogP contribution in [0.3, 0.4) is 0 Å². The van der Waals surface area contributed by atoms with Gasteiger partial charge in [0, 0.05) is 0 Å². The van der Waals surface area contributed by atoms with Gasteiger partial charge in [0.2, 0.25) is 11.5 Å². The van der Waals surface area contributed by atoms with Crippen LogP contribution in [0.4, 0.5) is 9.52 Å². The van der Waals surface area contributed by atoms with E-state index in [2.05, 4.69) is 4.98 Å². The molecule has 1 amide bonds. The number of aromatic nitrogens is 1. The molecule has 2 aromatic carbocycles. The number of ketones is 1. The van der Waals surface area contributed by atoms with Crippen LogP contribution in [0.1, 0.15) is 22.2 Å². The Bertz CT molecular complexity index is 1500. The van der Waals surface area contributed by atoms with Crippen LogP contribution in [-0.2, 0) is 4.79 Å².